The highest BCUT2D eigenvalue weighted by atomic mass is 32.1. The Hall–Kier alpha value is -3.26. The van der Waals surface area contributed by atoms with E-state index in [4.69, 9.17) is 9.84 Å². The van der Waals surface area contributed by atoms with Crippen LogP contribution in [0, 0.1) is 6.92 Å². The van der Waals surface area contributed by atoms with Crippen molar-refractivity contribution in [3.63, 3.8) is 0 Å². The van der Waals surface area contributed by atoms with Crippen LogP contribution in [0.1, 0.15) is 29.7 Å². The maximum atomic E-state index is 11.7. The molecule has 3 aromatic heterocycles. The summed E-state index contributed by atoms with van der Waals surface area (Å²) in [4.78, 5) is 33.2. The third kappa shape index (κ3) is 5.86. The van der Waals surface area contributed by atoms with Crippen LogP contribution in [0.2, 0.25) is 0 Å². The molecule has 7 nitrogen and oxygen atoms in total. The van der Waals surface area contributed by atoms with Crippen molar-refractivity contribution in [3.05, 3.63) is 59.1 Å². The molecule has 8 heteroatoms. The van der Waals surface area contributed by atoms with Crippen molar-refractivity contribution in [2.75, 3.05) is 11.9 Å². The van der Waals surface area contributed by atoms with Gasteiger partial charge in [0.15, 0.2) is 6.61 Å². The molecule has 150 valence electrons. The van der Waals surface area contributed by atoms with E-state index in [9.17, 15) is 9.59 Å². The largest absolute Gasteiger partial charge is 0.479 e. The van der Waals surface area contributed by atoms with Gasteiger partial charge in [-0.3, -0.25) is 4.79 Å². The van der Waals surface area contributed by atoms with Gasteiger partial charge in [-0.2, -0.15) is 0 Å². The fraction of sp³-hybridized carbons (Fsp3) is 0.238. The van der Waals surface area contributed by atoms with Crippen molar-refractivity contribution >= 4 is 34.9 Å². The van der Waals surface area contributed by atoms with Crippen molar-refractivity contribution in [3.8, 4) is 10.6 Å². The summed E-state index contributed by atoms with van der Waals surface area (Å²) < 4.78 is 4.71. The molecule has 0 aromatic carbocycles. The van der Waals surface area contributed by atoms with Crippen LogP contribution in [0.4, 0.5) is 11.6 Å². The Morgan fingerprint density at radius 1 is 1.21 bits per heavy atom. The minimum Gasteiger partial charge on any atom is -0.479 e. The second kappa shape index (κ2) is 9.29. The molecule has 0 saturated heterocycles. The van der Waals surface area contributed by atoms with Crippen LogP contribution in [-0.2, 0) is 14.3 Å². The van der Waals surface area contributed by atoms with Gasteiger partial charge in [0.25, 0.3) is 0 Å². The van der Waals surface area contributed by atoms with Crippen LogP contribution >= 0.6 is 11.3 Å². The van der Waals surface area contributed by atoms with Crippen molar-refractivity contribution in [2.24, 2.45) is 0 Å². The van der Waals surface area contributed by atoms with Crippen LogP contribution in [0.3, 0.4) is 0 Å². The lowest BCUT2D eigenvalue weighted by Gasteiger charge is -2.08. The summed E-state index contributed by atoms with van der Waals surface area (Å²) >= 11 is 1.55. The Balaban J connectivity index is 1.68. The average molecular weight is 411 g/mol. The molecule has 3 heterocycles. The monoisotopic (exact) mass is 411 g/mol. The zero-order valence-electron chi connectivity index (χ0n) is 16.1. The second-order valence-corrected chi connectivity index (χ2v) is 7.73. The number of hydrogen-bond donors (Lipinski definition) is 2. The van der Waals surface area contributed by atoms with E-state index in [1.54, 1.807) is 17.5 Å². The number of carboxylic acids is 1. The topological polar surface area (TPSA) is 101 Å². The van der Waals surface area contributed by atoms with Gasteiger partial charge < -0.3 is 15.2 Å². The van der Waals surface area contributed by atoms with Gasteiger partial charge in [0, 0.05) is 17.0 Å². The maximum absolute atomic E-state index is 11.7. The molecule has 0 aliphatic heterocycles. The molecule has 0 radical (unpaired) electrons. The number of nitrogens with one attached hydrogen (secondary N) is 1. The zero-order valence-corrected chi connectivity index (χ0v) is 16.9. The fourth-order valence-electron chi connectivity index (χ4n) is 2.68. The Labute approximate surface area is 172 Å². The SMILES string of the molecule is Cc1ccnc(Nc2cccc(-c3ccc(C(C)CC(=O)OCC(=O)O)s3)n2)c1. The normalized spacial score (nSPS) is 11.7. The van der Waals surface area contributed by atoms with Gasteiger partial charge >= 0.3 is 11.9 Å². The van der Waals surface area contributed by atoms with Crippen molar-refractivity contribution in [1.82, 2.24) is 9.97 Å². The molecule has 1 atom stereocenters. The smallest absolute Gasteiger partial charge is 0.341 e. The zero-order chi connectivity index (χ0) is 20.8. The first-order valence-corrected chi connectivity index (χ1v) is 9.86. The van der Waals surface area contributed by atoms with E-state index in [1.807, 2.05) is 56.3 Å². The van der Waals surface area contributed by atoms with Gasteiger partial charge in [0.05, 0.1) is 17.0 Å². The molecule has 0 aliphatic carbocycles. The molecular formula is C21H21N3O4S. The van der Waals surface area contributed by atoms with E-state index < -0.39 is 18.5 Å². The lowest BCUT2D eigenvalue weighted by atomic mass is 10.1. The molecule has 2 N–H and O–H groups in total. The maximum Gasteiger partial charge on any atom is 0.341 e. The number of ether oxygens (including phenoxy) is 1. The lowest BCUT2D eigenvalue weighted by molar-refractivity contribution is -0.155. The van der Waals surface area contributed by atoms with Crippen molar-refractivity contribution in [2.45, 2.75) is 26.2 Å². The van der Waals surface area contributed by atoms with Gasteiger partial charge in [0.1, 0.15) is 11.6 Å². The van der Waals surface area contributed by atoms with E-state index in [0.29, 0.717) is 5.82 Å². The number of anilines is 2. The highest BCUT2D eigenvalue weighted by Gasteiger charge is 2.16. The molecule has 0 spiro atoms. The van der Waals surface area contributed by atoms with Crippen LogP contribution < -0.4 is 5.32 Å². The summed E-state index contributed by atoms with van der Waals surface area (Å²) in [7, 11) is 0. The number of aromatic nitrogens is 2. The van der Waals surface area contributed by atoms with E-state index in [2.05, 4.69) is 15.3 Å². The van der Waals surface area contributed by atoms with Gasteiger partial charge in [0.2, 0.25) is 0 Å². The first-order chi connectivity index (χ1) is 13.9. The summed E-state index contributed by atoms with van der Waals surface area (Å²) in [6.45, 7) is 3.30. The Kier molecular flexibility index (Phi) is 6.56. The molecule has 0 bridgehead atoms. The summed E-state index contributed by atoms with van der Waals surface area (Å²) in [6.07, 6.45) is 1.87. The first kappa shape index (κ1) is 20.5. The molecule has 0 saturated carbocycles. The molecule has 1 unspecified atom stereocenters. The average Bonchev–Trinajstić information content (AvgIpc) is 3.17. The summed E-state index contributed by atoms with van der Waals surface area (Å²) in [5, 5.41) is 11.8. The number of thiophene rings is 1. The van der Waals surface area contributed by atoms with E-state index in [0.717, 1.165) is 26.8 Å². The Bertz CT molecular complexity index is 1020. The predicted molar refractivity (Wildman–Crippen MR) is 111 cm³/mol. The Morgan fingerprint density at radius 3 is 2.79 bits per heavy atom. The minimum absolute atomic E-state index is 0.0761. The number of hydrogen-bond acceptors (Lipinski definition) is 7. The molecule has 0 aliphatic rings. The van der Waals surface area contributed by atoms with Crippen molar-refractivity contribution in [1.29, 1.82) is 0 Å². The first-order valence-electron chi connectivity index (χ1n) is 9.05. The fourth-order valence-corrected chi connectivity index (χ4v) is 3.71. The van der Waals surface area contributed by atoms with Crippen LogP contribution in [0.15, 0.2) is 48.7 Å². The standard InChI is InChI=1S/C21H21N3O4S/c1-13-8-9-22-19(10-13)24-18-5-3-4-15(23-18)17-7-6-16(29-17)14(2)11-21(27)28-12-20(25)26/h3-10,14H,11-12H2,1-2H3,(H,25,26)(H,22,23,24). The molecule has 3 rings (SSSR count). The number of carbonyl (C=O) groups is 2. The third-order valence-electron chi connectivity index (χ3n) is 4.12. The number of aryl methyl sites for hydroxylation is 1. The van der Waals surface area contributed by atoms with E-state index >= 15 is 0 Å². The molecule has 0 fully saturated rings. The van der Waals surface area contributed by atoms with Crippen LogP contribution in [0.5, 0.6) is 0 Å². The molecular weight excluding hydrogens is 390 g/mol. The molecule has 29 heavy (non-hydrogen) atoms. The molecule has 0 amide bonds. The second-order valence-electron chi connectivity index (χ2n) is 6.61. The van der Waals surface area contributed by atoms with Crippen LogP contribution in [0.25, 0.3) is 10.6 Å². The summed E-state index contributed by atoms with van der Waals surface area (Å²) in [5.41, 5.74) is 1.93. The number of carbonyl (C=O) groups excluding carboxylic acids is 1. The number of carboxylic acid groups (broad SMARTS) is 1. The third-order valence-corrected chi connectivity index (χ3v) is 5.45. The predicted octanol–water partition coefficient (Wildman–Crippen LogP) is 4.38. The summed E-state index contributed by atoms with van der Waals surface area (Å²) in [6, 6.07) is 13.5. The van der Waals surface area contributed by atoms with Crippen LogP contribution in [-0.4, -0.2) is 33.6 Å². The number of esters is 1. The highest BCUT2D eigenvalue weighted by Crippen LogP contribution is 2.33. The van der Waals surface area contributed by atoms with E-state index in [1.165, 1.54) is 0 Å². The lowest BCUT2D eigenvalue weighted by Crippen LogP contribution is -2.14. The minimum atomic E-state index is -1.16. The number of aliphatic carboxylic acids is 1. The van der Waals surface area contributed by atoms with Gasteiger partial charge in [-0.05, 0) is 48.9 Å². The Morgan fingerprint density at radius 2 is 2.03 bits per heavy atom. The number of pyridine rings is 2. The van der Waals surface area contributed by atoms with Gasteiger partial charge in [-0.25, -0.2) is 14.8 Å². The summed E-state index contributed by atoms with van der Waals surface area (Å²) in [5.74, 6) is -0.335. The van der Waals surface area contributed by atoms with Gasteiger partial charge in [-0.15, -0.1) is 11.3 Å². The van der Waals surface area contributed by atoms with E-state index in [-0.39, 0.29) is 12.3 Å². The quantitative estimate of drug-likeness (QED) is 0.530. The van der Waals surface area contributed by atoms with Gasteiger partial charge in [-0.1, -0.05) is 13.0 Å². The number of nitrogens with zero attached hydrogens (tertiary/aromatic N) is 2. The van der Waals surface area contributed by atoms with Crippen molar-refractivity contribution < 1.29 is 19.4 Å². The highest BCUT2D eigenvalue weighted by molar-refractivity contribution is 7.15. The molecule has 3 aromatic rings. The number of rotatable bonds is 8.